The fourth-order valence-electron chi connectivity index (χ4n) is 9.31. The lowest BCUT2D eigenvalue weighted by atomic mass is 9.80. The van der Waals surface area contributed by atoms with Gasteiger partial charge in [-0.25, -0.2) is 9.97 Å². The van der Waals surface area contributed by atoms with Crippen LogP contribution in [0.4, 0.5) is 0 Å². The van der Waals surface area contributed by atoms with Gasteiger partial charge in [0.1, 0.15) is 0 Å². The van der Waals surface area contributed by atoms with Gasteiger partial charge >= 0.3 is 0 Å². The van der Waals surface area contributed by atoms with Crippen LogP contribution in [0.15, 0.2) is 194 Å². The van der Waals surface area contributed by atoms with Crippen molar-refractivity contribution in [3.8, 4) is 67.3 Å². The van der Waals surface area contributed by atoms with Gasteiger partial charge in [0.05, 0.1) is 11.4 Å². The number of benzene rings is 9. The summed E-state index contributed by atoms with van der Waals surface area (Å²) in [6.07, 6.45) is 0. The maximum atomic E-state index is 5.28. The molecule has 0 amide bonds. The summed E-state index contributed by atoms with van der Waals surface area (Å²) in [7, 11) is 0. The molecule has 0 bridgehead atoms. The zero-order chi connectivity index (χ0) is 38.1. The van der Waals surface area contributed by atoms with Crippen LogP contribution in [0.3, 0.4) is 0 Å². The first-order valence-corrected chi connectivity index (χ1v) is 19.7. The van der Waals surface area contributed by atoms with Crippen LogP contribution in [0.5, 0.6) is 0 Å². The Morgan fingerprint density at radius 1 is 0.351 bits per heavy atom. The van der Waals surface area contributed by atoms with E-state index in [0.717, 1.165) is 33.5 Å². The molecule has 0 saturated carbocycles. The van der Waals surface area contributed by atoms with E-state index in [0.29, 0.717) is 5.82 Å². The van der Waals surface area contributed by atoms with Crippen LogP contribution in [0.25, 0.3) is 99.6 Å². The molecule has 1 aliphatic carbocycles. The summed E-state index contributed by atoms with van der Waals surface area (Å²) in [5.41, 5.74) is 15.2. The SMILES string of the molecule is CC1(C)c2cccc(-c3cccc(-c4ccc(-c5nc(-c6ccccc6)cc(-c6ccc7ccccc7c6)n5)c5ccccc45)c3)c2-c2ccc3ccccc3c21. The van der Waals surface area contributed by atoms with E-state index in [1.54, 1.807) is 0 Å². The summed E-state index contributed by atoms with van der Waals surface area (Å²) in [6, 6.07) is 70.1. The molecule has 57 heavy (non-hydrogen) atoms. The highest BCUT2D eigenvalue weighted by atomic mass is 14.9. The molecule has 0 radical (unpaired) electrons. The van der Waals surface area contributed by atoms with Crippen molar-refractivity contribution in [2.24, 2.45) is 0 Å². The van der Waals surface area contributed by atoms with Crippen molar-refractivity contribution in [1.82, 2.24) is 9.97 Å². The molecule has 0 aliphatic heterocycles. The smallest absolute Gasteiger partial charge is 0.161 e. The molecule has 0 spiro atoms. The monoisotopic (exact) mass is 726 g/mol. The lowest BCUT2D eigenvalue weighted by molar-refractivity contribution is 0.666. The van der Waals surface area contributed by atoms with E-state index in [1.165, 1.54) is 71.4 Å². The van der Waals surface area contributed by atoms with Crippen molar-refractivity contribution >= 4 is 32.3 Å². The minimum absolute atomic E-state index is 0.112. The van der Waals surface area contributed by atoms with Gasteiger partial charge in [0.2, 0.25) is 0 Å². The van der Waals surface area contributed by atoms with Gasteiger partial charge in [0.15, 0.2) is 5.82 Å². The normalized spacial score (nSPS) is 12.9. The fourth-order valence-corrected chi connectivity index (χ4v) is 9.31. The quantitative estimate of drug-likeness (QED) is 0.176. The van der Waals surface area contributed by atoms with Crippen LogP contribution in [0.1, 0.15) is 25.0 Å². The highest BCUT2D eigenvalue weighted by Gasteiger charge is 2.38. The molecule has 9 aromatic carbocycles. The van der Waals surface area contributed by atoms with Crippen LogP contribution in [0, 0.1) is 0 Å². The van der Waals surface area contributed by atoms with Gasteiger partial charge in [0, 0.05) is 22.1 Å². The molecule has 1 heterocycles. The Morgan fingerprint density at radius 2 is 0.930 bits per heavy atom. The molecule has 0 atom stereocenters. The maximum Gasteiger partial charge on any atom is 0.161 e. The third kappa shape index (κ3) is 5.40. The lowest BCUT2D eigenvalue weighted by Gasteiger charge is -2.23. The number of nitrogens with zero attached hydrogens (tertiary/aromatic N) is 2. The number of hydrogen-bond donors (Lipinski definition) is 0. The third-order valence-corrected chi connectivity index (χ3v) is 12.1. The van der Waals surface area contributed by atoms with Gasteiger partial charge < -0.3 is 0 Å². The van der Waals surface area contributed by atoms with Crippen LogP contribution in [0.2, 0.25) is 0 Å². The Bertz CT molecular complexity index is 3210. The molecule has 1 aromatic heterocycles. The van der Waals surface area contributed by atoms with Gasteiger partial charge in [0.25, 0.3) is 0 Å². The average Bonchev–Trinajstić information content (AvgIpc) is 3.52. The summed E-state index contributed by atoms with van der Waals surface area (Å²) in [5.74, 6) is 0.713. The van der Waals surface area contributed by atoms with Crippen LogP contribution >= 0.6 is 0 Å². The summed E-state index contributed by atoms with van der Waals surface area (Å²) in [6.45, 7) is 4.75. The standard InChI is InChI=1S/C55H38N2/c1-55(2)49-25-13-24-43(52(49)48-29-28-36-15-8-9-21-44(36)53(48)55)40-20-12-19-39(33-40)42-30-31-47(46-23-11-10-22-45(42)46)54-56-50(37-16-4-3-5-17-37)34-51(57-54)41-27-26-35-14-6-7-18-38(35)32-41/h3-34H,1-2H3. The van der Waals surface area contributed by atoms with Crippen LogP contribution < -0.4 is 0 Å². The third-order valence-electron chi connectivity index (χ3n) is 12.1. The number of aromatic nitrogens is 2. The topological polar surface area (TPSA) is 25.8 Å². The minimum atomic E-state index is -0.112. The summed E-state index contributed by atoms with van der Waals surface area (Å²) >= 11 is 0. The van der Waals surface area contributed by atoms with Gasteiger partial charge in [-0.2, -0.15) is 0 Å². The predicted molar refractivity (Wildman–Crippen MR) is 239 cm³/mol. The van der Waals surface area contributed by atoms with Crippen molar-refractivity contribution in [1.29, 1.82) is 0 Å². The summed E-state index contributed by atoms with van der Waals surface area (Å²) in [4.78, 5) is 10.5. The van der Waals surface area contributed by atoms with Gasteiger partial charge in [-0.3, -0.25) is 0 Å². The zero-order valence-electron chi connectivity index (χ0n) is 31.9. The molecule has 1 aliphatic rings. The van der Waals surface area contributed by atoms with Crippen LogP contribution in [-0.2, 0) is 5.41 Å². The summed E-state index contributed by atoms with van der Waals surface area (Å²) < 4.78 is 0. The van der Waals surface area contributed by atoms with Gasteiger partial charge in [-0.05, 0) is 101 Å². The first-order chi connectivity index (χ1) is 28.0. The van der Waals surface area contributed by atoms with Crippen molar-refractivity contribution < 1.29 is 0 Å². The molecule has 2 heteroatoms. The molecule has 268 valence electrons. The van der Waals surface area contributed by atoms with Crippen LogP contribution in [-0.4, -0.2) is 9.97 Å². The fraction of sp³-hybridized carbons (Fsp3) is 0.0545. The maximum absolute atomic E-state index is 5.28. The number of rotatable bonds is 5. The largest absolute Gasteiger partial charge is 0.228 e. The molecule has 0 unspecified atom stereocenters. The molecular weight excluding hydrogens is 689 g/mol. The second kappa shape index (κ2) is 13.0. The molecule has 10 aromatic rings. The Morgan fingerprint density at radius 3 is 1.74 bits per heavy atom. The molecule has 2 nitrogen and oxygen atoms in total. The Hall–Kier alpha value is -7.16. The van der Waals surface area contributed by atoms with E-state index >= 15 is 0 Å². The Balaban J connectivity index is 1.05. The second-order valence-corrected chi connectivity index (χ2v) is 15.7. The van der Waals surface area contributed by atoms with E-state index in [-0.39, 0.29) is 5.41 Å². The van der Waals surface area contributed by atoms with Crippen molar-refractivity contribution in [3.05, 3.63) is 205 Å². The zero-order valence-corrected chi connectivity index (χ0v) is 31.9. The van der Waals surface area contributed by atoms with Gasteiger partial charge in [-0.1, -0.05) is 184 Å². The van der Waals surface area contributed by atoms with Crippen molar-refractivity contribution in [3.63, 3.8) is 0 Å². The summed E-state index contributed by atoms with van der Waals surface area (Å²) in [5, 5.41) is 7.32. The first kappa shape index (κ1) is 33.2. The van der Waals surface area contributed by atoms with E-state index in [2.05, 4.69) is 202 Å². The van der Waals surface area contributed by atoms with E-state index in [1.807, 2.05) is 6.07 Å². The molecule has 11 rings (SSSR count). The van der Waals surface area contributed by atoms with E-state index < -0.39 is 0 Å². The Kier molecular flexibility index (Phi) is 7.55. The molecular formula is C55H38N2. The van der Waals surface area contributed by atoms with Crippen molar-refractivity contribution in [2.45, 2.75) is 19.3 Å². The predicted octanol–water partition coefficient (Wildman–Crippen LogP) is 14.6. The molecule has 0 fully saturated rings. The highest BCUT2D eigenvalue weighted by Crippen LogP contribution is 2.54. The number of fused-ring (bicyclic) bond motifs is 7. The second-order valence-electron chi connectivity index (χ2n) is 15.7. The minimum Gasteiger partial charge on any atom is -0.228 e. The first-order valence-electron chi connectivity index (χ1n) is 19.7. The van der Waals surface area contributed by atoms with Crippen molar-refractivity contribution in [2.75, 3.05) is 0 Å². The highest BCUT2D eigenvalue weighted by molar-refractivity contribution is 6.06. The molecule has 0 N–H and O–H groups in total. The number of hydrogen-bond acceptors (Lipinski definition) is 2. The average molecular weight is 727 g/mol. The molecule has 0 saturated heterocycles. The Labute approximate surface area is 332 Å². The van der Waals surface area contributed by atoms with E-state index in [4.69, 9.17) is 9.97 Å². The van der Waals surface area contributed by atoms with E-state index in [9.17, 15) is 0 Å². The lowest BCUT2D eigenvalue weighted by Crippen LogP contribution is -2.15. The van der Waals surface area contributed by atoms with Gasteiger partial charge in [-0.15, -0.1) is 0 Å².